The van der Waals surface area contributed by atoms with Gasteiger partial charge in [-0.25, -0.2) is 15.0 Å². The van der Waals surface area contributed by atoms with E-state index in [-0.39, 0.29) is 11.9 Å². The lowest BCUT2D eigenvalue weighted by atomic mass is 10.2. The molecule has 4 heterocycles. The van der Waals surface area contributed by atoms with Crippen LogP contribution in [0.25, 0.3) is 11.4 Å². The van der Waals surface area contributed by atoms with Crippen molar-refractivity contribution in [1.29, 1.82) is 0 Å². The number of hydrogen-bond donors (Lipinski definition) is 2. The number of amides is 1. The first-order valence-electron chi connectivity index (χ1n) is 9.27. The Morgan fingerprint density at radius 2 is 2.11 bits per heavy atom. The average Bonchev–Trinajstić information content (AvgIpc) is 3.40. The monoisotopic (exact) mass is 377 g/mol. The summed E-state index contributed by atoms with van der Waals surface area (Å²) in [6.45, 7) is 1.48. The first-order chi connectivity index (χ1) is 13.6. The van der Waals surface area contributed by atoms with Crippen molar-refractivity contribution in [2.45, 2.75) is 12.5 Å². The molecule has 0 aliphatic carbocycles. The number of pyridine rings is 1. The summed E-state index contributed by atoms with van der Waals surface area (Å²) in [7, 11) is 3.76. The molecule has 144 valence electrons. The Morgan fingerprint density at radius 3 is 2.89 bits per heavy atom. The van der Waals surface area contributed by atoms with Crippen molar-refractivity contribution in [2.75, 3.05) is 37.0 Å². The zero-order valence-electron chi connectivity index (χ0n) is 16.0. The molecule has 0 saturated carbocycles. The molecule has 1 aliphatic heterocycles. The zero-order chi connectivity index (χ0) is 19.5. The van der Waals surface area contributed by atoms with Gasteiger partial charge in [-0.05, 0) is 36.8 Å². The van der Waals surface area contributed by atoms with Gasteiger partial charge in [-0.15, -0.1) is 0 Å². The van der Waals surface area contributed by atoms with Crippen LogP contribution in [0.1, 0.15) is 16.8 Å². The van der Waals surface area contributed by atoms with Crippen molar-refractivity contribution < 1.29 is 4.79 Å². The SMILES string of the molecule is CN(C)c1ncccc1C(=O)NC1CCN(c2nccc(-c3ccc[nH]3)n2)C1. The summed E-state index contributed by atoms with van der Waals surface area (Å²) < 4.78 is 0. The van der Waals surface area contributed by atoms with Gasteiger partial charge in [0.05, 0.1) is 17.0 Å². The molecule has 1 saturated heterocycles. The predicted octanol–water partition coefficient (Wildman–Crippen LogP) is 1.94. The van der Waals surface area contributed by atoms with E-state index in [1.54, 1.807) is 24.5 Å². The van der Waals surface area contributed by atoms with Crippen LogP contribution in [0.5, 0.6) is 0 Å². The molecule has 1 unspecified atom stereocenters. The molecule has 0 radical (unpaired) electrons. The van der Waals surface area contributed by atoms with Crippen LogP contribution in [0.3, 0.4) is 0 Å². The highest BCUT2D eigenvalue weighted by molar-refractivity contribution is 5.99. The standard InChI is InChI=1S/C20H23N7O/c1-26(2)18-15(5-3-10-22-18)19(28)24-14-8-12-27(13-14)20-23-11-7-17(25-20)16-6-4-9-21-16/h3-7,9-11,14,21H,8,12-13H2,1-2H3,(H,24,28). The molecule has 0 bridgehead atoms. The molecule has 4 rings (SSSR count). The number of carbonyl (C=O) groups excluding carboxylic acids is 1. The van der Waals surface area contributed by atoms with Gasteiger partial charge in [-0.2, -0.15) is 0 Å². The number of nitrogens with zero attached hydrogens (tertiary/aromatic N) is 5. The number of hydrogen-bond acceptors (Lipinski definition) is 6. The van der Waals surface area contributed by atoms with E-state index in [9.17, 15) is 4.79 Å². The van der Waals surface area contributed by atoms with Crippen LogP contribution in [0.2, 0.25) is 0 Å². The number of anilines is 2. The summed E-state index contributed by atoms with van der Waals surface area (Å²) in [6.07, 6.45) is 6.18. The zero-order valence-corrected chi connectivity index (χ0v) is 16.0. The fraction of sp³-hybridized carbons (Fsp3) is 0.300. The molecular weight excluding hydrogens is 354 g/mol. The van der Waals surface area contributed by atoms with Crippen molar-refractivity contribution in [1.82, 2.24) is 25.3 Å². The van der Waals surface area contributed by atoms with Crippen molar-refractivity contribution in [3.63, 3.8) is 0 Å². The van der Waals surface area contributed by atoms with Crippen molar-refractivity contribution in [3.05, 3.63) is 54.5 Å². The van der Waals surface area contributed by atoms with Crippen LogP contribution in [0.4, 0.5) is 11.8 Å². The normalized spacial score (nSPS) is 16.2. The number of rotatable bonds is 5. The number of H-pyrrole nitrogens is 1. The maximum atomic E-state index is 12.7. The van der Waals surface area contributed by atoms with Gasteiger partial charge >= 0.3 is 0 Å². The lowest BCUT2D eigenvalue weighted by molar-refractivity contribution is 0.0940. The molecule has 8 heteroatoms. The number of aromatic nitrogens is 4. The summed E-state index contributed by atoms with van der Waals surface area (Å²) in [6, 6.07) is 9.43. The number of nitrogens with one attached hydrogen (secondary N) is 2. The Balaban J connectivity index is 1.44. The van der Waals surface area contributed by atoms with Gasteiger partial charge in [0, 0.05) is 51.8 Å². The summed E-state index contributed by atoms with van der Waals surface area (Å²) in [5.41, 5.74) is 2.39. The molecule has 1 amide bonds. The average molecular weight is 377 g/mol. The lowest BCUT2D eigenvalue weighted by Gasteiger charge is -2.19. The largest absolute Gasteiger partial charge is 0.362 e. The molecule has 1 atom stereocenters. The van der Waals surface area contributed by atoms with Gasteiger partial charge in [-0.1, -0.05) is 0 Å². The Morgan fingerprint density at radius 1 is 1.21 bits per heavy atom. The lowest BCUT2D eigenvalue weighted by Crippen LogP contribution is -2.38. The quantitative estimate of drug-likeness (QED) is 0.706. The first kappa shape index (κ1) is 18.0. The summed E-state index contributed by atoms with van der Waals surface area (Å²) >= 11 is 0. The van der Waals surface area contributed by atoms with Crippen molar-refractivity contribution >= 4 is 17.7 Å². The van der Waals surface area contributed by atoms with E-state index >= 15 is 0 Å². The Bertz CT molecular complexity index is 955. The minimum absolute atomic E-state index is 0.0421. The van der Waals surface area contributed by atoms with Crippen molar-refractivity contribution in [2.24, 2.45) is 0 Å². The minimum Gasteiger partial charge on any atom is -0.362 e. The fourth-order valence-corrected chi connectivity index (χ4v) is 3.39. The summed E-state index contributed by atoms with van der Waals surface area (Å²) in [4.78, 5) is 33.2. The first-order valence-corrected chi connectivity index (χ1v) is 9.27. The second-order valence-corrected chi connectivity index (χ2v) is 7.00. The predicted molar refractivity (Wildman–Crippen MR) is 108 cm³/mol. The smallest absolute Gasteiger partial charge is 0.255 e. The molecule has 1 fully saturated rings. The van der Waals surface area contributed by atoms with Gasteiger partial charge in [0.1, 0.15) is 5.82 Å². The third-order valence-electron chi connectivity index (χ3n) is 4.78. The second kappa shape index (κ2) is 7.67. The molecule has 8 nitrogen and oxygen atoms in total. The molecule has 0 spiro atoms. The van der Waals surface area contributed by atoms with E-state index in [1.807, 2.05) is 43.4 Å². The highest BCUT2D eigenvalue weighted by Gasteiger charge is 2.27. The fourth-order valence-electron chi connectivity index (χ4n) is 3.39. The maximum absolute atomic E-state index is 12.7. The molecule has 3 aromatic heterocycles. The number of carbonyl (C=O) groups is 1. The van der Waals surface area contributed by atoms with Crippen LogP contribution in [0, 0.1) is 0 Å². The minimum atomic E-state index is -0.107. The van der Waals surface area contributed by atoms with E-state index in [4.69, 9.17) is 0 Å². The Hall–Kier alpha value is -3.42. The third-order valence-corrected chi connectivity index (χ3v) is 4.78. The van der Waals surface area contributed by atoms with Gasteiger partial charge in [0.25, 0.3) is 5.91 Å². The van der Waals surface area contributed by atoms with E-state index in [0.29, 0.717) is 23.9 Å². The molecule has 1 aliphatic rings. The van der Waals surface area contributed by atoms with E-state index in [1.165, 1.54) is 0 Å². The molecule has 2 N–H and O–H groups in total. The van der Waals surface area contributed by atoms with Crippen molar-refractivity contribution in [3.8, 4) is 11.4 Å². The van der Waals surface area contributed by atoms with Crippen LogP contribution in [-0.4, -0.2) is 59.1 Å². The van der Waals surface area contributed by atoms with Gasteiger partial charge < -0.3 is 20.1 Å². The van der Waals surface area contributed by atoms with Crippen LogP contribution < -0.4 is 15.1 Å². The van der Waals surface area contributed by atoms with Crippen LogP contribution in [0.15, 0.2) is 48.9 Å². The molecule has 3 aromatic rings. The molecule has 0 aromatic carbocycles. The Labute approximate surface area is 163 Å². The van der Waals surface area contributed by atoms with Crippen LogP contribution >= 0.6 is 0 Å². The molecule has 28 heavy (non-hydrogen) atoms. The highest BCUT2D eigenvalue weighted by Crippen LogP contribution is 2.21. The third kappa shape index (κ3) is 3.66. The molecular formula is C20H23N7O. The van der Waals surface area contributed by atoms with Gasteiger partial charge in [-0.3, -0.25) is 4.79 Å². The van der Waals surface area contributed by atoms with Crippen LogP contribution in [-0.2, 0) is 0 Å². The van der Waals surface area contributed by atoms with Gasteiger partial charge in [0.2, 0.25) is 5.95 Å². The number of aromatic amines is 1. The van der Waals surface area contributed by atoms with E-state index < -0.39 is 0 Å². The Kier molecular flexibility index (Phi) is 4.92. The van der Waals surface area contributed by atoms with Gasteiger partial charge in [0.15, 0.2) is 0 Å². The van der Waals surface area contributed by atoms with E-state index in [0.717, 1.165) is 24.4 Å². The summed E-state index contributed by atoms with van der Waals surface area (Å²) in [5.74, 6) is 1.24. The summed E-state index contributed by atoms with van der Waals surface area (Å²) in [5, 5.41) is 3.12. The highest BCUT2D eigenvalue weighted by atomic mass is 16.1. The maximum Gasteiger partial charge on any atom is 0.255 e. The van der Waals surface area contributed by atoms with E-state index in [2.05, 4.69) is 30.2 Å². The topological polar surface area (TPSA) is 90.0 Å². The second-order valence-electron chi connectivity index (χ2n) is 7.00.